The number of carbonyl (C=O) groups is 1. The predicted molar refractivity (Wildman–Crippen MR) is 82.5 cm³/mol. The van der Waals surface area contributed by atoms with Gasteiger partial charge in [0.15, 0.2) is 6.61 Å². The maximum absolute atomic E-state index is 10.9. The lowest BCUT2D eigenvalue weighted by atomic mass is 10.2. The molecule has 23 heavy (non-hydrogen) atoms. The molecule has 0 saturated carbocycles. The van der Waals surface area contributed by atoms with E-state index in [9.17, 15) is 4.79 Å². The quantitative estimate of drug-likeness (QED) is 0.768. The topological polar surface area (TPSA) is 85.5 Å². The first-order chi connectivity index (χ1) is 11.1. The van der Waals surface area contributed by atoms with Crippen LogP contribution in [0.15, 0.2) is 53.1 Å². The van der Waals surface area contributed by atoms with Crippen molar-refractivity contribution in [2.24, 2.45) is 0 Å². The molecule has 0 fully saturated rings. The molecule has 0 saturated heterocycles. The van der Waals surface area contributed by atoms with E-state index in [1.165, 1.54) is 12.1 Å². The number of halogens is 1. The Morgan fingerprint density at radius 2 is 2.00 bits per heavy atom. The van der Waals surface area contributed by atoms with E-state index in [0.717, 1.165) is 5.56 Å². The standard InChI is InChI=1S/C16H11ClN2O4/c17-12-6-4-10(5-7-12)15-18-14(23-19-15)9-22-13-3-1-2-11(8-13)16(20)21/h1-8H,9H2,(H,20,21). The Hall–Kier alpha value is -2.86. The van der Waals surface area contributed by atoms with Crippen LogP contribution in [0.5, 0.6) is 5.75 Å². The van der Waals surface area contributed by atoms with Crippen LogP contribution in [0.25, 0.3) is 11.4 Å². The average Bonchev–Trinajstić information content (AvgIpc) is 3.03. The van der Waals surface area contributed by atoms with Crippen molar-refractivity contribution in [3.8, 4) is 17.1 Å². The number of carboxylic acids is 1. The summed E-state index contributed by atoms with van der Waals surface area (Å²) in [5, 5.41) is 13.4. The van der Waals surface area contributed by atoms with Gasteiger partial charge in [0, 0.05) is 10.6 Å². The number of nitrogens with zero attached hydrogens (tertiary/aromatic N) is 2. The summed E-state index contributed by atoms with van der Waals surface area (Å²) in [7, 11) is 0. The summed E-state index contributed by atoms with van der Waals surface area (Å²) >= 11 is 5.83. The van der Waals surface area contributed by atoms with Crippen LogP contribution in [0, 0.1) is 0 Å². The molecule has 1 N–H and O–H groups in total. The van der Waals surface area contributed by atoms with Gasteiger partial charge in [-0.25, -0.2) is 4.79 Å². The number of aromatic nitrogens is 2. The number of benzene rings is 2. The monoisotopic (exact) mass is 330 g/mol. The molecule has 0 aliphatic rings. The van der Waals surface area contributed by atoms with Gasteiger partial charge in [0.1, 0.15) is 5.75 Å². The minimum atomic E-state index is -1.02. The highest BCUT2D eigenvalue weighted by molar-refractivity contribution is 6.30. The summed E-state index contributed by atoms with van der Waals surface area (Å²) in [6.07, 6.45) is 0. The van der Waals surface area contributed by atoms with E-state index < -0.39 is 5.97 Å². The molecule has 7 heteroatoms. The second kappa shape index (κ2) is 6.50. The highest BCUT2D eigenvalue weighted by Crippen LogP contribution is 2.20. The number of hydrogen-bond donors (Lipinski definition) is 1. The van der Waals surface area contributed by atoms with Gasteiger partial charge in [-0.05, 0) is 42.5 Å². The number of carboxylic acid groups (broad SMARTS) is 1. The van der Waals surface area contributed by atoms with Gasteiger partial charge in [0.2, 0.25) is 5.82 Å². The lowest BCUT2D eigenvalue weighted by Gasteiger charge is -2.03. The van der Waals surface area contributed by atoms with Gasteiger partial charge in [-0.1, -0.05) is 22.8 Å². The van der Waals surface area contributed by atoms with Crippen molar-refractivity contribution in [3.05, 3.63) is 65.0 Å². The van der Waals surface area contributed by atoms with E-state index in [1.54, 1.807) is 36.4 Å². The molecule has 0 unspecified atom stereocenters. The molecule has 0 aliphatic carbocycles. The minimum absolute atomic E-state index is 0.0453. The van der Waals surface area contributed by atoms with Crippen LogP contribution in [0.4, 0.5) is 0 Å². The van der Waals surface area contributed by atoms with E-state index in [0.29, 0.717) is 16.6 Å². The molecule has 0 aliphatic heterocycles. The molecule has 6 nitrogen and oxygen atoms in total. The van der Waals surface area contributed by atoms with E-state index in [4.69, 9.17) is 26.0 Å². The largest absolute Gasteiger partial charge is 0.484 e. The first kappa shape index (κ1) is 15.1. The Labute approximate surface area is 136 Å². The molecular formula is C16H11ClN2O4. The Morgan fingerprint density at radius 1 is 1.22 bits per heavy atom. The van der Waals surface area contributed by atoms with Crippen LogP contribution >= 0.6 is 11.6 Å². The number of ether oxygens (including phenoxy) is 1. The lowest BCUT2D eigenvalue weighted by molar-refractivity contribution is 0.0696. The molecule has 1 aromatic heterocycles. The summed E-state index contributed by atoms with van der Waals surface area (Å²) in [6.45, 7) is 0.0453. The van der Waals surface area contributed by atoms with Crippen molar-refractivity contribution in [1.82, 2.24) is 10.1 Å². The van der Waals surface area contributed by atoms with E-state index in [-0.39, 0.29) is 18.1 Å². The van der Waals surface area contributed by atoms with Gasteiger partial charge in [-0.15, -0.1) is 0 Å². The van der Waals surface area contributed by atoms with E-state index in [2.05, 4.69) is 10.1 Å². The zero-order valence-corrected chi connectivity index (χ0v) is 12.5. The first-order valence-corrected chi connectivity index (χ1v) is 7.04. The smallest absolute Gasteiger partial charge is 0.335 e. The molecule has 0 atom stereocenters. The first-order valence-electron chi connectivity index (χ1n) is 6.66. The predicted octanol–water partition coefficient (Wildman–Crippen LogP) is 3.67. The van der Waals surface area contributed by atoms with Gasteiger partial charge in [0.25, 0.3) is 5.89 Å². The fourth-order valence-corrected chi connectivity index (χ4v) is 2.02. The molecule has 0 bridgehead atoms. The van der Waals surface area contributed by atoms with Crippen LogP contribution in [0.1, 0.15) is 16.2 Å². The van der Waals surface area contributed by atoms with Crippen molar-refractivity contribution in [3.63, 3.8) is 0 Å². The zero-order chi connectivity index (χ0) is 16.2. The third kappa shape index (κ3) is 3.67. The van der Waals surface area contributed by atoms with Crippen molar-refractivity contribution >= 4 is 17.6 Å². The molecule has 3 aromatic rings. The maximum Gasteiger partial charge on any atom is 0.335 e. The Bertz CT molecular complexity index is 830. The number of rotatable bonds is 5. The lowest BCUT2D eigenvalue weighted by Crippen LogP contribution is -1.99. The van der Waals surface area contributed by atoms with Crippen LogP contribution in [0.3, 0.4) is 0 Å². The summed E-state index contributed by atoms with van der Waals surface area (Å²) in [5.74, 6) is 0.115. The molecular weight excluding hydrogens is 320 g/mol. The Morgan fingerprint density at radius 3 is 2.74 bits per heavy atom. The van der Waals surface area contributed by atoms with Crippen LogP contribution in [-0.4, -0.2) is 21.2 Å². The number of hydrogen-bond acceptors (Lipinski definition) is 5. The molecule has 1 heterocycles. The van der Waals surface area contributed by atoms with Crippen LogP contribution in [0.2, 0.25) is 5.02 Å². The Balaban J connectivity index is 1.69. The van der Waals surface area contributed by atoms with E-state index in [1.807, 2.05) is 0 Å². The molecule has 3 rings (SSSR count). The normalized spacial score (nSPS) is 10.5. The number of aromatic carboxylic acids is 1. The summed E-state index contributed by atoms with van der Waals surface area (Å²) < 4.78 is 10.6. The third-order valence-electron chi connectivity index (χ3n) is 3.01. The highest BCUT2D eigenvalue weighted by Gasteiger charge is 2.10. The molecule has 0 amide bonds. The van der Waals surface area contributed by atoms with Gasteiger partial charge in [-0.3, -0.25) is 0 Å². The highest BCUT2D eigenvalue weighted by atomic mass is 35.5. The van der Waals surface area contributed by atoms with E-state index >= 15 is 0 Å². The summed E-state index contributed by atoms with van der Waals surface area (Å²) in [5.41, 5.74) is 0.923. The Kier molecular flexibility index (Phi) is 4.25. The summed E-state index contributed by atoms with van der Waals surface area (Å²) in [6, 6.07) is 13.2. The van der Waals surface area contributed by atoms with Crippen LogP contribution < -0.4 is 4.74 Å². The summed E-state index contributed by atoms with van der Waals surface area (Å²) in [4.78, 5) is 15.1. The van der Waals surface area contributed by atoms with Crippen molar-refractivity contribution in [2.75, 3.05) is 0 Å². The molecule has 2 aromatic carbocycles. The minimum Gasteiger partial charge on any atom is -0.484 e. The zero-order valence-electron chi connectivity index (χ0n) is 11.8. The second-order valence-corrected chi connectivity index (χ2v) is 5.08. The maximum atomic E-state index is 10.9. The van der Waals surface area contributed by atoms with Gasteiger partial charge in [0.05, 0.1) is 5.56 Å². The van der Waals surface area contributed by atoms with Gasteiger partial charge in [-0.2, -0.15) is 4.98 Å². The average molecular weight is 331 g/mol. The third-order valence-corrected chi connectivity index (χ3v) is 3.27. The van der Waals surface area contributed by atoms with Crippen molar-refractivity contribution < 1.29 is 19.2 Å². The second-order valence-electron chi connectivity index (χ2n) is 4.64. The molecule has 0 radical (unpaired) electrons. The molecule has 116 valence electrons. The fourth-order valence-electron chi connectivity index (χ4n) is 1.89. The SMILES string of the molecule is O=C(O)c1cccc(OCc2nc(-c3ccc(Cl)cc3)no2)c1. The molecule has 0 spiro atoms. The van der Waals surface area contributed by atoms with Crippen LogP contribution in [-0.2, 0) is 6.61 Å². The fraction of sp³-hybridized carbons (Fsp3) is 0.0625. The van der Waals surface area contributed by atoms with Gasteiger partial charge >= 0.3 is 5.97 Å². The van der Waals surface area contributed by atoms with Gasteiger partial charge < -0.3 is 14.4 Å². The van der Waals surface area contributed by atoms with Crippen molar-refractivity contribution in [1.29, 1.82) is 0 Å². The van der Waals surface area contributed by atoms with Crippen molar-refractivity contribution in [2.45, 2.75) is 6.61 Å².